The summed E-state index contributed by atoms with van der Waals surface area (Å²) in [5, 5.41) is 7.73. The van der Waals surface area contributed by atoms with Crippen molar-refractivity contribution in [2.45, 2.75) is 26.2 Å². The second kappa shape index (κ2) is 6.35. The third kappa shape index (κ3) is 3.20. The lowest BCUT2D eigenvalue weighted by Gasteiger charge is -2.06. The highest BCUT2D eigenvalue weighted by Crippen LogP contribution is 2.14. The molecule has 0 bridgehead atoms. The van der Waals surface area contributed by atoms with Gasteiger partial charge in [-0.15, -0.1) is 0 Å². The Balaban J connectivity index is 1.87. The Morgan fingerprint density at radius 3 is 3.06 bits per heavy atom. The molecule has 98 valence electrons. The summed E-state index contributed by atoms with van der Waals surface area (Å²) in [5.74, 6) is 0.907. The highest BCUT2D eigenvalue weighted by molar-refractivity contribution is 5.67. The van der Waals surface area contributed by atoms with Crippen molar-refractivity contribution in [1.82, 2.24) is 14.6 Å². The van der Waals surface area contributed by atoms with E-state index in [1.165, 1.54) is 6.42 Å². The van der Waals surface area contributed by atoms with E-state index in [1.807, 2.05) is 23.7 Å². The zero-order valence-corrected chi connectivity index (χ0v) is 11.0. The van der Waals surface area contributed by atoms with Crippen LogP contribution < -0.4 is 5.32 Å². The lowest BCUT2D eigenvalue weighted by Crippen LogP contribution is -2.05. The van der Waals surface area contributed by atoms with E-state index in [0.717, 1.165) is 43.0 Å². The van der Waals surface area contributed by atoms with Crippen LogP contribution in [-0.2, 0) is 4.74 Å². The van der Waals surface area contributed by atoms with Gasteiger partial charge in [-0.25, -0.2) is 9.50 Å². The predicted molar refractivity (Wildman–Crippen MR) is 71.9 cm³/mol. The SMILES string of the molecule is COCCCCCNc1nccn2nc(C)cc12. The molecule has 0 aliphatic heterocycles. The Morgan fingerprint density at radius 1 is 1.33 bits per heavy atom. The molecule has 0 fully saturated rings. The molecule has 2 aromatic heterocycles. The van der Waals surface area contributed by atoms with Crippen LogP contribution in [0.3, 0.4) is 0 Å². The van der Waals surface area contributed by atoms with Gasteiger partial charge in [0.2, 0.25) is 0 Å². The molecule has 0 aromatic carbocycles. The number of aromatic nitrogens is 3. The number of nitrogens with one attached hydrogen (secondary N) is 1. The second-order valence-corrected chi connectivity index (χ2v) is 4.37. The first-order valence-electron chi connectivity index (χ1n) is 6.35. The molecule has 0 spiro atoms. The molecular weight excluding hydrogens is 228 g/mol. The summed E-state index contributed by atoms with van der Waals surface area (Å²) < 4.78 is 6.88. The van der Waals surface area contributed by atoms with Gasteiger partial charge in [-0.2, -0.15) is 5.10 Å². The van der Waals surface area contributed by atoms with E-state index < -0.39 is 0 Å². The number of unbranched alkanes of at least 4 members (excludes halogenated alkanes) is 2. The lowest BCUT2D eigenvalue weighted by atomic mass is 10.2. The van der Waals surface area contributed by atoms with Gasteiger partial charge in [0, 0.05) is 32.7 Å². The van der Waals surface area contributed by atoms with E-state index in [-0.39, 0.29) is 0 Å². The van der Waals surface area contributed by atoms with Gasteiger partial charge < -0.3 is 10.1 Å². The quantitative estimate of drug-likeness (QED) is 0.764. The van der Waals surface area contributed by atoms with Crippen LogP contribution in [0.1, 0.15) is 25.0 Å². The van der Waals surface area contributed by atoms with Crippen molar-refractivity contribution < 1.29 is 4.74 Å². The smallest absolute Gasteiger partial charge is 0.152 e. The molecule has 5 nitrogen and oxygen atoms in total. The highest BCUT2D eigenvalue weighted by atomic mass is 16.5. The molecular formula is C13H20N4O. The van der Waals surface area contributed by atoms with Crippen molar-refractivity contribution in [2.24, 2.45) is 0 Å². The molecule has 2 rings (SSSR count). The summed E-state index contributed by atoms with van der Waals surface area (Å²) in [6.45, 7) is 3.76. The third-order valence-corrected chi connectivity index (χ3v) is 2.83. The molecule has 2 heterocycles. The Hall–Kier alpha value is -1.62. The molecule has 2 aromatic rings. The molecule has 5 heteroatoms. The Kier molecular flexibility index (Phi) is 4.52. The molecule has 0 aliphatic carbocycles. The van der Waals surface area contributed by atoms with Crippen molar-refractivity contribution in [3.63, 3.8) is 0 Å². The number of hydrogen-bond acceptors (Lipinski definition) is 4. The van der Waals surface area contributed by atoms with Crippen LogP contribution in [0, 0.1) is 6.92 Å². The van der Waals surface area contributed by atoms with Gasteiger partial charge >= 0.3 is 0 Å². The molecule has 0 saturated carbocycles. The topological polar surface area (TPSA) is 51.5 Å². The maximum atomic E-state index is 5.02. The van der Waals surface area contributed by atoms with Gasteiger partial charge in [-0.05, 0) is 32.3 Å². The minimum atomic E-state index is 0.843. The number of ether oxygens (including phenoxy) is 1. The first-order chi connectivity index (χ1) is 8.81. The van der Waals surface area contributed by atoms with Crippen LogP contribution in [-0.4, -0.2) is 34.9 Å². The monoisotopic (exact) mass is 248 g/mol. The highest BCUT2D eigenvalue weighted by Gasteiger charge is 2.04. The van der Waals surface area contributed by atoms with Crippen LogP contribution in [0.15, 0.2) is 18.5 Å². The summed E-state index contributed by atoms with van der Waals surface area (Å²) in [6.07, 6.45) is 7.04. The summed E-state index contributed by atoms with van der Waals surface area (Å²) in [6, 6.07) is 2.04. The first-order valence-corrected chi connectivity index (χ1v) is 6.35. The minimum absolute atomic E-state index is 0.843. The maximum Gasteiger partial charge on any atom is 0.152 e. The van der Waals surface area contributed by atoms with Crippen LogP contribution in [0.25, 0.3) is 5.52 Å². The Morgan fingerprint density at radius 2 is 2.22 bits per heavy atom. The van der Waals surface area contributed by atoms with E-state index >= 15 is 0 Å². The Labute approximate surface area is 107 Å². The van der Waals surface area contributed by atoms with Gasteiger partial charge in [0.15, 0.2) is 5.82 Å². The zero-order chi connectivity index (χ0) is 12.8. The molecule has 0 saturated heterocycles. The predicted octanol–water partition coefficient (Wildman–Crippen LogP) is 2.27. The second-order valence-electron chi connectivity index (χ2n) is 4.37. The fourth-order valence-corrected chi connectivity index (χ4v) is 1.94. The number of anilines is 1. The minimum Gasteiger partial charge on any atom is -0.385 e. The van der Waals surface area contributed by atoms with Crippen LogP contribution in [0.4, 0.5) is 5.82 Å². The molecule has 0 atom stereocenters. The number of nitrogens with zero attached hydrogens (tertiary/aromatic N) is 3. The summed E-state index contributed by atoms with van der Waals surface area (Å²) in [7, 11) is 1.74. The lowest BCUT2D eigenvalue weighted by molar-refractivity contribution is 0.192. The summed E-state index contributed by atoms with van der Waals surface area (Å²) in [5.41, 5.74) is 2.04. The van der Waals surface area contributed by atoms with Crippen molar-refractivity contribution in [1.29, 1.82) is 0 Å². The maximum absolute atomic E-state index is 5.02. The fraction of sp³-hybridized carbons (Fsp3) is 0.538. The van der Waals surface area contributed by atoms with E-state index in [9.17, 15) is 0 Å². The number of aryl methyl sites for hydroxylation is 1. The van der Waals surface area contributed by atoms with Crippen LogP contribution in [0.2, 0.25) is 0 Å². The summed E-state index contributed by atoms with van der Waals surface area (Å²) in [4.78, 5) is 4.36. The van der Waals surface area contributed by atoms with Gasteiger partial charge in [0.25, 0.3) is 0 Å². The standard InChI is InChI=1S/C13H20N4O/c1-11-10-12-13(15-7-8-17(12)16-11)14-6-4-3-5-9-18-2/h7-8,10H,3-6,9H2,1-2H3,(H,14,15). The summed E-state index contributed by atoms with van der Waals surface area (Å²) >= 11 is 0. The van der Waals surface area contributed by atoms with Crippen LogP contribution >= 0.6 is 0 Å². The largest absolute Gasteiger partial charge is 0.385 e. The molecule has 0 amide bonds. The first kappa shape index (κ1) is 12.8. The van der Waals surface area contributed by atoms with Gasteiger partial charge in [-0.3, -0.25) is 0 Å². The number of methoxy groups -OCH3 is 1. The molecule has 0 radical (unpaired) electrons. The van der Waals surface area contributed by atoms with E-state index in [2.05, 4.69) is 15.4 Å². The number of rotatable bonds is 7. The third-order valence-electron chi connectivity index (χ3n) is 2.83. The average molecular weight is 248 g/mol. The molecule has 0 aliphatic rings. The molecule has 1 N–H and O–H groups in total. The average Bonchev–Trinajstić information content (AvgIpc) is 2.74. The van der Waals surface area contributed by atoms with Gasteiger partial charge in [0.1, 0.15) is 5.52 Å². The fourth-order valence-electron chi connectivity index (χ4n) is 1.94. The van der Waals surface area contributed by atoms with E-state index in [4.69, 9.17) is 4.74 Å². The number of hydrogen-bond donors (Lipinski definition) is 1. The van der Waals surface area contributed by atoms with Crippen LogP contribution in [0.5, 0.6) is 0 Å². The van der Waals surface area contributed by atoms with Crippen molar-refractivity contribution in [3.05, 3.63) is 24.2 Å². The normalized spacial score (nSPS) is 11.0. The van der Waals surface area contributed by atoms with Gasteiger partial charge in [-0.1, -0.05) is 0 Å². The Bertz CT molecular complexity index is 495. The van der Waals surface area contributed by atoms with Crippen molar-refractivity contribution in [2.75, 3.05) is 25.6 Å². The molecule has 18 heavy (non-hydrogen) atoms. The van der Waals surface area contributed by atoms with E-state index in [1.54, 1.807) is 13.3 Å². The number of fused-ring (bicyclic) bond motifs is 1. The van der Waals surface area contributed by atoms with Crippen molar-refractivity contribution in [3.8, 4) is 0 Å². The molecule has 0 unspecified atom stereocenters. The van der Waals surface area contributed by atoms with E-state index in [0.29, 0.717) is 0 Å². The zero-order valence-electron chi connectivity index (χ0n) is 11.0. The van der Waals surface area contributed by atoms with Gasteiger partial charge in [0.05, 0.1) is 5.69 Å². The van der Waals surface area contributed by atoms with Crippen molar-refractivity contribution >= 4 is 11.3 Å².